The highest BCUT2D eigenvalue weighted by atomic mass is 16.4. The molecule has 0 aromatic rings. The largest absolute Gasteiger partial charge is 0.480 e. The lowest BCUT2D eigenvalue weighted by Gasteiger charge is -2.29. The van der Waals surface area contributed by atoms with Gasteiger partial charge < -0.3 is 16.2 Å². The molecule has 104 valence electrons. The van der Waals surface area contributed by atoms with E-state index in [1.165, 1.54) is 0 Å². The van der Waals surface area contributed by atoms with Crippen LogP contribution in [-0.4, -0.2) is 29.6 Å². The van der Waals surface area contributed by atoms with Crippen LogP contribution >= 0.6 is 0 Å². The lowest BCUT2D eigenvalue weighted by Crippen LogP contribution is -2.51. The first kappa shape index (κ1) is 15.0. The van der Waals surface area contributed by atoms with E-state index in [4.69, 9.17) is 5.73 Å². The predicted octanol–water partition coefficient (Wildman–Crippen LogP) is 0.977. The van der Waals surface area contributed by atoms with Crippen molar-refractivity contribution in [2.75, 3.05) is 6.54 Å². The SMILES string of the molecule is CC(C)(C)[C@@H](NC(=O)C1CCCC1CN)C(=O)O. The zero-order valence-corrected chi connectivity index (χ0v) is 11.4. The van der Waals surface area contributed by atoms with E-state index in [1.807, 2.05) is 0 Å². The summed E-state index contributed by atoms with van der Waals surface area (Å²) in [6.45, 7) is 5.91. The number of carboxylic acid groups (broad SMARTS) is 1. The minimum absolute atomic E-state index is 0.126. The molecule has 18 heavy (non-hydrogen) atoms. The van der Waals surface area contributed by atoms with Gasteiger partial charge in [0.2, 0.25) is 5.91 Å². The molecule has 1 aliphatic carbocycles. The van der Waals surface area contributed by atoms with Crippen molar-refractivity contribution >= 4 is 11.9 Å². The molecule has 0 aromatic carbocycles. The molecular formula is C13H24N2O3. The summed E-state index contributed by atoms with van der Waals surface area (Å²) in [7, 11) is 0. The molecule has 0 heterocycles. The number of nitrogens with two attached hydrogens (primary N) is 1. The van der Waals surface area contributed by atoms with E-state index in [9.17, 15) is 14.7 Å². The van der Waals surface area contributed by atoms with Gasteiger partial charge in [-0.15, -0.1) is 0 Å². The van der Waals surface area contributed by atoms with Crippen molar-refractivity contribution in [2.45, 2.75) is 46.1 Å². The number of hydrogen-bond donors (Lipinski definition) is 3. The summed E-state index contributed by atoms with van der Waals surface area (Å²) in [6.07, 6.45) is 2.76. The molecule has 0 spiro atoms. The minimum Gasteiger partial charge on any atom is -0.480 e. The van der Waals surface area contributed by atoms with E-state index in [-0.39, 0.29) is 17.7 Å². The first-order chi connectivity index (χ1) is 8.27. The Bertz CT molecular complexity index is 323. The summed E-state index contributed by atoms with van der Waals surface area (Å²) in [5, 5.41) is 11.9. The predicted molar refractivity (Wildman–Crippen MR) is 68.9 cm³/mol. The average Bonchev–Trinajstić information content (AvgIpc) is 2.71. The number of aliphatic carboxylic acids is 1. The Morgan fingerprint density at radius 1 is 1.39 bits per heavy atom. The van der Waals surface area contributed by atoms with Crippen molar-refractivity contribution in [3.63, 3.8) is 0 Å². The Morgan fingerprint density at radius 2 is 2.00 bits per heavy atom. The number of nitrogens with one attached hydrogen (secondary N) is 1. The van der Waals surface area contributed by atoms with Crippen molar-refractivity contribution in [1.82, 2.24) is 5.32 Å². The van der Waals surface area contributed by atoms with Crippen LogP contribution in [-0.2, 0) is 9.59 Å². The van der Waals surface area contributed by atoms with Crippen LogP contribution in [0.3, 0.4) is 0 Å². The van der Waals surface area contributed by atoms with Crippen LogP contribution in [0.25, 0.3) is 0 Å². The smallest absolute Gasteiger partial charge is 0.326 e. The Hall–Kier alpha value is -1.10. The molecule has 0 radical (unpaired) electrons. The fourth-order valence-electron chi connectivity index (χ4n) is 2.56. The highest BCUT2D eigenvalue weighted by Gasteiger charge is 2.37. The summed E-state index contributed by atoms with van der Waals surface area (Å²) < 4.78 is 0. The molecule has 1 amide bonds. The average molecular weight is 256 g/mol. The summed E-state index contributed by atoms with van der Waals surface area (Å²) in [6, 6.07) is -0.857. The second-order valence-electron chi connectivity index (χ2n) is 6.18. The van der Waals surface area contributed by atoms with Crippen molar-refractivity contribution < 1.29 is 14.7 Å². The third kappa shape index (κ3) is 3.45. The fraction of sp³-hybridized carbons (Fsp3) is 0.846. The summed E-state index contributed by atoms with van der Waals surface area (Å²) in [5.41, 5.74) is 5.14. The van der Waals surface area contributed by atoms with E-state index in [2.05, 4.69) is 5.32 Å². The Morgan fingerprint density at radius 3 is 2.44 bits per heavy atom. The monoisotopic (exact) mass is 256 g/mol. The summed E-state index contributed by atoms with van der Waals surface area (Å²) in [4.78, 5) is 23.4. The van der Waals surface area contributed by atoms with Gasteiger partial charge in [0, 0.05) is 5.92 Å². The lowest BCUT2D eigenvalue weighted by molar-refractivity contribution is -0.145. The number of amides is 1. The van der Waals surface area contributed by atoms with Crippen LogP contribution in [0.5, 0.6) is 0 Å². The topological polar surface area (TPSA) is 92.4 Å². The molecule has 1 aliphatic rings. The molecule has 0 aromatic heterocycles. The van der Waals surface area contributed by atoms with Gasteiger partial charge in [-0.2, -0.15) is 0 Å². The van der Waals surface area contributed by atoms with Gasteiger partial charge in [-0.05, 0) is 30.7 Å². The first-order valence-electron chi connectivity index (χ1n) is 6.50. The molecule has 1 fully saturated rings. The van der Waals surface area contributed by atoms with Gasteiger partial charge in [0.1, 0.15) is 6.04 Å². The molecule has 0 aliphatic heterocycles. The van der Waals surface area contributed by atoms with Gasteiger partial charge in [-0.1, -0.05) is 27.2 Å². The van der Waals surface area contributed by atoms with E-state index < -0.39 is 17.4 Å². The molecule has 0 bridgehead atoms. The standard InChI is InChI=1S/C13H24N2O3/c1-13(2,3)10(12(17)18)15-11(16)9-6-4-5-8(9)7-14/h8-10H,4-7,14H2,1-3H3,(H,15,16)(H,17,18)/t8?,9?,10-/m0/s1. The third-order valence-electron chi connectivity index (χ3n) is 3.70. The molecule has 1 rings (SSSR count). The number of carbonyl (C=O) groups excluding carboxylic acids is 1. The van der Waals surface area contributed by atoms with Crippen molar-refractivity contribution in [2.24, 2.45) is 23.0 Å². The maximum atomic E-state index is 12.1. The molecular weight excluding hydrogens is 232 g/mol. The van der Waals surface area contributed by atoms with Gasteiger partial charge in [0.25, 0.3) is 0 Å². The second-order valence-corrected chi connectivity index (χ2v) is 6.18. The summed E-state index contributed by atoms with van der Waals surface area (Å²) in [5.74, 6) is -1.08. The molecule has 5 heteroatoms. The van der Waals surface area contributed by atoms with Gasteiger partial charge in [0.15, 0.2) is 0 Å². The van der Waals surface area contributed by atoms with Crippen LogP contribution in [0, 0.1) is 17.3 Å². The lowest BCUT2D eigenvalue weighted by atomic mass is 9.85. The van der Waals surface area contributed by atoms with Crippen molar-refractivity contribution in [1.29, 1.82) is 0 Å². The van der Waals surface area contributed by atoms with E-state index in [1.54, 1.807) is 20.8 Å². The number of carbonyl (C=O) groups is 2. The van der Waals surface area contributed by atoms with Crippen LogP contribution in [0.15, 0.2) is 0 Å². The fourth-order valence-corrected chi connectivity index (χ4v) is 2.56. The van der Waals surface area contributed by atoms with E-state index in [0.717, 1.165) is 19.3 Å². The Kier molecular flexibility index (Phi) is 4.73. The highest BCUT2D eigenvalue weighted by Crippen LogP contribution is 2.31. The third-order valence-corrected chi connectivity index (χ3v) is 3.70. The number of carboxylic acids is 1. The van der Waals surface area contributed by atoms with Gasteiger partial charge in [-0.3, -0.25) is 4.79 Å². The molecule has 1 saturated carbocycles. The van der Waals surface area contributed by atoms with Gasteiger partial charge in [-0.25, -0.2) is 4.79 Å². The number of rotatable bonds is 4. The van der Waals surface area contributed by atoms with E-state index >= 15 is 0 Å². The zero-order chi connectivity index (χ0) is 13.9. The van der Waals surface area contributed by atoms with Crippen LogP contribution < -0.4 is 11.1 Å². The normalized spacial score (nSPS) is 25.8. The highest BCUT2D eigenvalue weighted by molar-refractivity contribution is 5.85. The first-order valence-corrected chi connectivity index (χ1v) is 6.50. The van der Waals surface area contributed by atoms with Crippen molar-refractivity contribution in [3.8, 4) is 0 Å². The Balaban J connectivity index is 2.70. The van der Waals surface area contributed by atoms with Crippen molar-refractivity contribution in [3.05, 3.63) is 0 Å². The van der Waals surface area contributed by atoms with Crippen LogP contribution in [0.2, 0.25) is 0 Å². The van der Waals surface area contributed by atoms with Crippen LogP contribution in [0.1, 0.15) is 40.0 Å². The van der Waals surface area contributed by atoms with Crippen LogP contribution in [0.4, 0.5) is 0 Å². The molecule has 2 unspecified atom stereocenters. The van der Waals surface area contributed by atoms with E-state index in [0.29, 0.717) is 6.54 Å². The molecule has 5 nitrogen and oxygen atoms in total. The second kappa shape index (κ2) is 5.69. The Labute approximate surface area is 108 Å². The molecule has 4 N–H and O–H groups in total. The molecule has 0 saturated heterocycles. The number of hydrogen-bond acceptors (Lipinski definition) is 3. The molecule has 3 atom stereocenters. The quantitative estimate of drug-likeness (QED) is 0.699. The maximum Gasteiger partial charge on any atom is 0.326 e. The van der Waals surface area contributed by atoms with Gasteiger partial charge >= 0.3 is 5.97 Å². The van der Waals surface area contributed by atoms with Gasteiger partial charge in [0.05, 0.1) is 0 Å². The zero-order valence-electron chi connectivity index (χ0n) is 11.4. The minimum atomic E-state index is -0.988. The maximum absolute atomic E-state index is 12.1. The summed E-state index contributed by atoms with van der Waals surface area (Å²) >= 11 is 0.